The molecule has 0 nitrogen and oxygen atoms in total. The molecule has 0 aliphatic rings. The number of hydrogen-bond donors (Lipinski definition) is 0. The molecule has 0 aliphatic heterocycles. The summed E-state index contributed by atoms with van der Waals surface area (Å²) in [6.07, 6.45) is 0. The predicted molar refractivity (Wildman–Crippen MR) is 178 cm³/mol. The molecule has 0 saturated carbocycles. The van der Waals surface area contributed by atoms with E-state index in [4.69, 9.17) is 0 Å². The van der Waals surface area contributed by atoms with Crippen molar-refractivity contribution in [3.63, 3.8) is 0 Å². The summed E-state index contributed by atoms with van der Waals surface area (Å²) in [6, 6.07) is 67.7. The van der Waals surface area contributed by atoms with Gasteiger partial charge in [-0.2, -0.15) is 0 Å². The van der Waals surface area contributed by atoms with Crippen molar-refractivity contribution in [2.24, 2.45) is 0 Å². The molecular weight excluding hydrogens is 556 g/mol. The Balaban J connectivity index is 1.83. The summed E-state index contributed by atoms with van der Waals surface area (Å²) in [5.74, 6) is 0. The Hall–Kier alpha value is -4.15. The van der Waals surface area contributed by atoms with Crippen molar-refractivity contribution in [1.29, 1.82) is 0 Å². The Morgan fingerprint density at radius 2 is 0.395 bits per heavy atom. The van der Waals surface area contributed by atoms with E-state index in [1.54, 1.807) is 0 Å². The molecule has 0 aliphatic carbocycles. The first kappa shape index (κ1) is 28.9. The SMILES string of the molecule is C[C](c1ccccc1)(c1ccccc1)[Cr]([C](C)(c1ccccc1)c1ccccc1)[C](C)(c1ccccc1)c1ccccc1. The van der Waals surface area contributed by atoms with E-state index in [9.17, 15) is 0 Å². The summed E-state index contributed by atoms with van der Waals surface area (Å²) in [4.78, 5) is 0. The molecule has 0 radical (unpaired) electrons. The number of rotatable bonds is 9. The van der Waals surface area contributed by atoms with Crippen LogP contribution in [0.15, 0.2) is 182 Å². The van der Waals surface area contributed by atoms with Gasteiger partial charge in [-0.1, -0.05) is 0 Å². The average molecular weight is 596 g/mol. The normalized spacial score (nSPS) is 12.3. The van der Waals surface area contributed by atoms with Crippen LogP contribution in [0, 0.1) is 0 Å². The van der Waals surface area contributed by atoms with Gasteiger partial charge in [-0.05, 0) is 0 Å². The van der Waals surface area contributed by atoms with Crippen molar-refractivity contribution in [1.82, 2.24) is 0 Å². The van der Waals surface area contributed by atoms with Crippen molar-refractivity contribution in [2.75, 3.05) is 0 Å². The number of hydrogen-bond acceptors (Lipinski definition) is 0. The fraction of sp³-hybridized carbons (Fsp3) is 0.143. The molecular formula is C42H39Cr. The van der Waals surface area contributed by atoms with Crippen LogP contribution in [-0.2, 0) is 27.0 Å². The zero-order valence-electron chi connectivity index (χ0n) is 25.2. The third-order valence-corrected chi connectivity index (χ3v) is 15.2. The first-order valence-electron chi connectivity index (χ1n) is 15.1. The van der Waals surface area contributed by atoms with Crippen LogP contribution in [0.4, 0.5) is 0 Å². The van der Waals surface area contributed by atoms with Crippen LogP contribution in [0.2, 0.25) is 0 Å². The van der Waals surface area contributed by atoms with E-state index in [2.05, 4.69) is 203 Å². The van der Waals surface area contributed by atoms with E-state index in [0.29, 0.717) is 0 Å². The Kier molecular flexibility index (Phi) is 8.23. The van der Waals surface area contributed by atoms with E-state index in [1.807, 2.05) is 0 Å². The van der Waals surface area contributed by atoms with E-state index in [1.165, 1.54) is 33.4 Å². The molecule has 0 bridgehead atoms. The molecule has 0 atom stereocenters. The molecule has 6 aromatic carbocycles. The van der Waals surface area contributed by atoms with E-state index in [0.717, 1.165) is 0 Å². The molecule has 0 amide bonds. The van der Waals surface area contributed by atoms with Gasteiger partial charge in [-0.15, -0.1) is 0 Å². The molecule has 6 aromatic rings. The van der Waals surface area contributed by atoms with Gasteiger partial charge in [0.25, 0.3) is 0 Å². The maximum absolute atomic E-state index is 2.54. The van der Waals surface area contributed by atoms with Gasteiger partial charge >= 0.3 is 263 Å². The minimum absolute atomic E-state index is 0.288. The molecule has 6 rings (SSSR count). The zero-order chi connectivity index (χ0) is 29.8. The van der Waals surface area contributed by atoms with Crippen molar-refractivity contribution in [3.05, 3.63) is 215 Å². The molecule has 0 fully saturated rings. The van der Waals surface area contributed by atoms with Crippen LogP contribution in [0.25, 0.3) is 0 Å². The van der Waals surface area contributed by atoms with Gasteiger partial charge in [0.2, 0.25) is 0 Å². The van der Waals surface area contributed by atoms with Crippen molar-refractivity contribution in [2.45, 2.75) is 33.6 Å². The first-order valence-corrected chi connectivity index (χ1v) is 17.0. The molecule has 1 heteroatoms. The molecule has 0 heterocycles. The summed E-state index contributed by atoms with van der Waals surface area (Å²) in [6.45, 7) is 7.61. The van der Waals surface area contributed by atoms with Crippen LogP contribution in [0.1, 0.15) is 54.2 Å². The Morgan fingerprint density at radius 1 is 0.256 bits per heavy atom. The standard InChI is InChI=1S/3C14H13.Cr/c3*1-12(13-8-4-2-5-9-13)14-10-6-3-7-11-14;/h3*2-11H,1H3;. The summed E-state index contributed by atoms with van der Waals surface area (Å²) >= 11 is -2.05. The second-order valence-corrected chi connectivity index (χ2v) is 16.4. The average Bonchev–Trinajstić information content (AvgIpc) is 3.10. The van der Waals surface area contributed by atoms with Crippen molar-refractivity contribution >= 4 is 0 Å². The van der Waals surface area contributed by atoms with Crippen LogP contribution in [0.3, 0.4) is 0 Å². The second kappa shape index (κ2) is 12.2. The third kappa shape index (κ3) is 5.08. The van der Waals surface area contributed by atoms with E-state index < -0.39 is 14.1 Å². The molecule has 0 spiro atoms. The van der Waals surface area contributed by atoms with Gasteiger partial charge in [0.15, 0.2) is 0 Å². The Labute approximate surface area is 262 Å². The van der Waals surface area contributed by atoms with Crippen molar-refractivity contribution < 1.29 is 14.1 Å². The van der Waals surface area contributed by atoms with E-state index in [-0.39, 0.29) is 12.8 Å². The Morgan fingerprint density at radius 3 is 0.535 bits per heavy atom. The molecule has 0 N–H and O–H groups in total. The predicted octanol–water partition coefficient (Wildman–Crippen LogP) is 10.5. The minimum atomic E-state index is -2.05. The van der Waals surface area contributed by atoms with E-state index >= 15 is 0 Å². The fourth-order valence-corrected chi connectivity index (χ4v) is 14.3. The quantitative estimate of drug-likeness (QED) is 0.156. The summed E-state index contributed by atoms with van der Waals surface area (Å²) < 4.78 is -0.865. The number of benzene rings is 6. The van der Waals surface area contributed by atoms with Crippen LogP contribution < -0.4 is 0 Å². The van der Waals surface area contributed by atoms with Crippen LogP contribution in [-0.4, -0.2) is 0 Å². The van der Waals surface area contributed by atoms with Gasteiger partial charge in [0.05, 0.1) is 0 Å². The zero-order valence-corrected chi connectivity index (χ0v) is 26.5. The molecule has 213 valence electrons. The summed E-state index contributed by atoms with van der Waals surface area (Å²) in [5, 5.41) is 0. The van der Waals surface area contributed by atoms with Crippen LogP contribution in [0.5, 0.6) is 0 Å². The third-order valence-electron chi connectivity index (χ3n) is 9.17. The molecule has 0 aromatic heterocycles. The first-order chi connectivity index (χ1) is 21.0. The molecule has 0 saturated heterocycles. The maximum atomic E-state index is 2.54. The molecule has 43 heavy (non-hydrogen) atoms. The van der Waals surface area contributed by atoms with Gasteiger partial charge in [0.1, 0.15) is 0 Å². The van der Waals surface area contributed by atoms with Crippen molar-refractivity contribution in [3.8, 4) is 0 Å². The second-order valence-electron chi connectivity index (χ2n) is 11.6. The fourth-order valence-electron chi connectivity index (χ4n) is 6.97. The monoisotopic (exact) mass is 595 g/mol. The Bertz CT molecular complexity index is 1380. The summed E-state index contributed by atoms with van der Waals surface area (Å²) in [7, 11) is 0. The molecule has 0 unspecified atom stereocenters. The van der Waals surface area contributed by atoms with Gasteiger partial charge in [0, 0.05) is 0 Å². The van der Waals surface area contributed by atoms with Crippen LogP contribution >= 0.6 is 0 Å². The van der Waals surface area contributed by atoms with Gasteiger partial charge in [-0.25, -0.2) is 0 Å². The van der Waals surface area contributed by atoms with Gasteiger partial charge < -0.3 is 0 Å². The van der Waals surface area contributed by atoms with Gasteiger partial charge in [-0.3, -0.25) is 0 Å². The summed E-state index contributed by atoms with van der Waals surface area (Å²) in [5.41, 5.74) is 8.18. The topological polar surface area (TPSA) is 0 Å².